The maximum atomic E-state index is 12.4. The molecule has 3 amide bonds. The van der Waals surface area contributed by atoms with Crippen molar-refractivity contribution in [1.29, 1.82) is 0 Å². The molecule has 2 rings (SSSR count). The minimum atomic E-state index is -0.577. The number of carbonyl (C=O) groups is 2. The fourth-order valence-electron chi connectivity index (χ4n) is 2.43. The SMILES string of the molecule is CC(Oc1ccc(Cl)cc1)C(=O)N1CCN(C(=O)N(C)C)CC1. The Balaban J connectivity index is 1.86. The molecule has 1 fully saturated rings. The number of nitrogens with zero attached hydrogens (tertiary/aromatic N) is 3. The van der Waals surface area contributed by atoms with Crippen LogP contribution in [-0.2, 0) is 4.79 Å². The van der Waals surface area contributed by atoms with Crippen molar-refractivity contribution in [3.63, 3.8) is 0 Å². The van der Waals surface area contributed by atoms with Gasteiger partial charge in [0.2, 0.25) is 0 Å². The number of halogens is 1. The summed E-state index contributed by atoms with van der Waals surface area (Å²) >= 11 is 5.83. The molecule has 0 aromatic heterocycles. The van der Waals surface area contributed by atoms with Crippen LogP contribution in [0.1, 0.15) is 6.92 Å². The molecular weight excluding hydrogens is 318 g/mol. The second-order valence-corrected chi connectivity index (χ2v) is 6.14. The third-order valence-electron chi connectivity index (χ3n) is 3.72. The summed E-state index contributed by atoms with van der Waals surface area (Å²) in [4.78, 5) is 29.4. The van der Waals surface area contributed by atoms with Crippen LogP contribution in [0.4, 0.5) is 4.79 Å². The first-order valence-electron chi connectivity index (χ1n) is 7.55. The molecule has 1 aliphatic rings. The van der Waals surface area contributed by atoms with Gasteiger partial charge in [-0.3, -0.25) is 4.79 Å². The van der Waals surface area contributed by atoms with Crippen LogP contribution in [-0.4, -0.2) is 73.0 Å². The lowest BCUT2D eigenvalue weighted by Gasteiger charge is -2.36. The van der Waals surface area contributed by atoms with Crippen LogP contribution >= 0.6 is 11.6 Å². The summed E-state index contributed by atoms with van der Waals surface area (Å²) in [6, 6.07) is 6.89. The fraction of sp³-hybridized carbons (Fsp3) is 0.500. The Bertz CT molecular complexity index is 554. The lowest BCUT2D eigenvalue weighted by Crippen LogP contribution is -2.54. The quantitative estimate of drug-likeness (QED) is 0.845. The van der Waals surface area contributed by atoms with Crippen molar-refractivity contribution >= 4 is 23.5 Å². The van der Waals surface area contributed by atoms with E-state index in [9.17, 15) is 9.59 Å². The van der Waals surface area contributed by atoms with Gasteiger partial charge in [-0.25, -0.2) is 4.79 Å². The monoisotopic (exact) mass is 339 g/mol. The number of carbonyl (C=O) groups excluding carboxylic acids is 2. The Kier molecular flexibility index (Phi) is 5.71. The highest BCUT2D eigenvalue weighted by atomic mass is 35.5. The third-order valence-corrected chi connectivity index (χ3v) is 3.97. The van der Waals surface area contributed by atoms with Crippen LogP contribution in [0.2, 0.25) is 5.02 Å². The molecule has 0 aliphatic carbocycles. The maximum Gasteiger partial charge on any atom is 0.319 e. The summed E-state index contributed by atoms with van der Waals surface area (Å²) in [5.41, 5.74) is 0. The summed E-state index contributed by atoms with van der Waals surface area (Å²) < 4.78 is 5.66. The number of ether oxygens (including phenoxy) is 1. The first-order chi connectivity index (χ1) is 10.9. The van der Waals surface area contributed by atoms with Gasteiger partial charge >= 0.3 is 6.03 Å². The molecule has 1 aromatic carbocycles. The number of benzene rings is 1. The van der Waals surface area contributed by atoms with E-state index in [1.165, 1.54) is 0 Å². The predicted octanol–water partition coefficient (Wildman–Crippen LogP) is 1.93. The van der Waals surface area contributed by atoms with Crippen molar-refractivity contribution < 1.29 is 14.3 Å². The Hall–Kier alpha value is -1.95. The summed E-state index contributed by atoms with van der Waals surface area (Å²) in [7, 11) is 3.45. The van der Waals surface area contributed by atoms with E-state index in [1.807, 2.05) is 0 Å². The molecule has 0 spiro atoms. The van der Waals surface area contributed by atoms with E-state index in [4.69, 9.17) is 16.3 Å². The standard InChI is InChI=1S/C16H22ClN3O3/c1-12(23-14-6-4-13(17)5-7-14)15(21)19-8-10-20(11-9-19)16(22)18(2)3/h4-7,12H,8-11H2,1-3H3. The van der Waals surface area contributed by atoms with Gasteiger partial charge in [0.05, 0.1) is 0 Å². The number of hydrogen-bond donors (Lipinski definition) is 0. The zero-order valence-corrected chi connectivity index (χ0v) is 14.4. The largest absolute Gasteiger partial charge is 0.481 e. The van der Waals surface area contributed by atoms with Crippen LogP contribution in [0.3, 0.4) is 0 Å². The first-order valence-corrected chi connectivity index (χ1v) is 7.93. The second-order valence-electron chi connectivity index (χ2n) is 5.70. The van der Waals surface area contributed by atoms with E-state index < -0.39 is 6.10 Å². The highest BCUT2D eigenvalue weighted by Crippen LogP contribution is 2.17. The summed E-state index contributed by atoms with van der Waals surface area (Å²) in [6.45, 7) is 3.85. The van der Waals surface area contributed by atoms with Gasteiger partial charge < -0.3 is 19.4 Å². The van der Waals surface area contributed by atoms with E-state index in [-0.39, 0.29) is 11.9 Å². The smallest absolute Gasteiger partial charge is 0.319 e. The zero-order chi connectivity index (χ0) is 17.0. The number of hydrogen-bond acceptors (Lipinski definition) is 3. The van der Waals surface area contributed by atoms with Gasteiger partial charge in [-0.2, -0.15) is 0 Å². The van der Waals surface area contributed by atoms with Crippen LogP contribution < -0.4 is 4.74 Å². The Morgan fingerprint density at radius 3 is 2.13 bits per heavy atom. The van der Waals surface area contributed by atoms with E-state index in [2.05, 4.69) is 0 Å². The first kappa shape index (κ1) is 17.4. The summed E-state index contributed by atoms with van der Waals surface area (Å²) in [6.07, 6.45) is -0.577. The van der Waals surface area contributed by atoms with Crippen molar-refractivity contribution in [2.75, 3.05) is 40.3 Å². The molecule has 1 atom stereocenters. The van der Waals surface area contributed by atoms with Crippen molar-refractivity contribution in [3.8, 4) is 5.75 Å². The third kappa shape index (κ3) is 4.51. The molecule has 1 aliphatic heterocycles. The molecule has 7 heteroatoms. The number of amides is 3. The molecule has 0 bridgehead atoms. The average molecular weight is 340 g/mol. The van der Waals surface area contributed by atoms with E-state index in [0.29, 0.717) is 37.0 Å². The maximum absolute atomic E-state index is 12.4. The lowest BCUT2D eigenvalue weighted by atomic mass is 10.2. The number of rotatable bonds is 3. The minimum Gasteiger partial charge on any atom is -0.481 e. The molecule has 1 heterocycles. The summed E-state index contributed by atoms with van der Waals surface area (Å²) in [5.74, 6) is 0.536. The van der Waals surface area contributed by atoms with Crippen molar-refractivity contribution in [3.05, 3.63) is 29.3 Å². The van der Waals surface area contributed by atoms with Gasteiger partial charge in [0.1, 0.15) is 5.75 Å². The average Bonchev–Trinajstić information content (AvgIpc) is 2.55. The highest BCUT2D eigenvalue weighted by Gasteiger charge is 2.28. The Morgan fingerprint density at radius 1 is 1.09 bits per heavy atom. The fourth-order valence-corrected chi connectivity index (χ4v) is 2.55. The van der Waals surface area contributed by atoms with E-state index in [0.717, 1.165) is 0 Å². The van der Waals surface area contributed by atoms with E-state index >= 15 is 0 Å². The molecule has 6 nitrogen and oxygen atoms in total. The number of piperazine rings is 1. The zero-order valence-electron chi connectivity index (χ0n) is 13.7. The minimum absolute atomic E-state index is 0.0254. The van der Waals surface area contributed by atoms with Gasteiger partial charge in [0, 0.05) is 45.3 Å². The van der Waals surface area contributed by atoms with Crippen molar-refractivity contribution in [1.82, 2.24) is 14.7 Å². The molecule has 0 N–H and O–H groups in total. The molecule has 0 radical (unpaired) electrons. The lowest BCUT2D eigenvalue weighted by molar-refractivity contribution is -0.139. The molecule has 1 saturated heterocycles. The van der Waals surface area contributed by atoms with Gasteiger partial charge in [-0.1, -0.05) is 11.6 Å². The van der Waals surface area contributed by atoms with Crippen LogP contribution in [0, 0.1) is 0 Å². The van der Waals surface area contributed by atoms with Gasteiger partial charge in [0.15, 0.2) is 6.10 Å². The topological polar surface area (TPSA) is 53.1 Å². The molecule has 1 unspecified atom stereocenters. The van der Waals surface area contributed by atoms with Crippen LogP contribution in [0.5, 0.6) is 5.75 Å². The Labute approximate surface area is 141 Å². The normalized spacial score (nSPS) is 16.0. The molecule has 126 valence electrons. The van der Waals surface area contributed by atoms with Gasteiger partial charge in [-0.15, -0.1) is 0 Å². The highest BCUT2D eigenvalue weighted by molar-refractivity contribution is 6.30. The number of urea groups is 1. The molecule has 1 aromatic rings. The van der Waals surface area contributed by atoms with E-state index in [1.54, 1.807) is 60.0 Å². The molecule has 0 saturated carbocycles. The van der Waals surface area contributed by atoms with Gasteiger partial charge in [-0.05, 0) is 31.2 Å². The molecular formula is C16H22ClN3O3. The summed E-state index contributed by atoms with van der Waals surface area (Å²) in [5, 5.41) is 0.623. The van der Waals surface area contributed by atoms with Gasteiger partial charge in [0.25, 0.3) is 5.91 Å². The Morgan fingerprint density at radius 2 is 1.61 bits per heavy atom. The second kappa shape index (κ2) is 7.55. The van der Waals surface area contributed by atoms with Crippen molar-refractivity contribution in [2.24, 2.45) is 0 Å². The predicted molar refractivity (Wildman–Crippen MR) is 88.8 cm³/mol. The van der Waals surface area contributed by atoms with Crippen LogP contribution in [0.15, 0.2) is 24.3 Å². The van der Waals surface area contributed by atoms with Crippen molar-refractivity contribution in [2.45, 2.75) is 13.0 Å². The van der Waals surface area contributed by atoms with Crippen LogP contribution in [0.25, 0.3) is 0 Å². The molecule has 23 heavy (non-hydrogen) atoms.